The van der Waals surface area contributed by atoms with Crippen LogP contribution in [0.3, 0.4) is 0 Å². The molecular formula is C15H10ClFN2O2S. The Balaban J connectivity index is 1.65. The lowest BCUT2D eigenvalue weighted by atomic mass is 10.2. The average molecular weight is 337 g/mol. The lowest BCUT2D eigenvalue weighted by Gasteiger charge is -2.01. The van der Waals surface area contributed by atoms with Crippen LogP contribution in [0, 0.1) is 5.82 Å². The highest BCUT2D eigenvalue weighted by Crippen LogP contribution is 2.21. The van der Waals surface area contributed by atoms with E-state index < -0.39 is 5.97 Å². The highest BCUT2D eigenvalue weighted by atomic mass is 35.5. The molecule has 2 heterocycles. The van der Waals surface area contributed by atoms with Gasteiger partial charge < -0.3 is 4.74 Å². The van der Waals surface area contributed by atoms with Crippen molar-refractivity contribution in [3.8, 4) is 0 Å². The van der Waals surface area contributed by atoms with E-state index in [4.69, 9.17) is 16.3 Å². The number of halogens is 2. The maximum Gasteiger partial charge on any atom is 0.331 e. The van der Waals surface area contributed by atoms with Gasteiger partial charge in [0.25, 0.3) is 0 Å². The molecule has 0 fully saturated rings. The molecule has 4 nitrogen and oxygen atoms in total. The Bertz CT molecular complexity index is 856. The number of rotatable bonds is 4. The van der Waals surface area contributed by atoms with Crippen LogP contribution < -0.4 is 0 Å². The molecule has 22 heavy (non-hydrogen) atoms. The van der Waals surface area contributed by atoms with E-state index in [1.165, 1.54) is 35.6 Å². The van der Waals surface area contributed by atoms with Gasteiger partial charge in [-0.1, -0.05) is 23.7 Å². The zero-order chi connectivity index (χ0) is 15.5. The van der Waals surface area contributed by atoms with Crippen molar-refractivity contribution in [2.45, 2.75) is 6.61 Å². The fourth-order valence-corrected chi connectivity index (χ4v) is 2.91. The van der Waals surface area contributed by atoms with E-state index in [0.717, 1.165) is 4.96 Å². The van der Waals surface area contributed by atoms with Gasteiger partial charge in [-0.3, -0.25) is 4.40 Å². The van der Waals surface area contributed by atoms with E-state index in [1.54, 1.807) is 16.5 Å². The van der Waals surface area contributed by atoms with Crippen molar-refractivity contribution in [1.82, 2.24) is 9.38 Å². The second-order valence-corrected chi connectivity index (χ2v) is 5.63. The molecule has 0 atom stereocenters. The summed E-state index contributed by atoms with van der Waals surface area (Å²) in [6.45, 7) is 0.0169. The maximum absolute atomic E-state index is 13.0. The Kier molecular flexibility index (Phi) is 4.22. The molecule has 112 valence electrons. The third kappa shape index (κ3) is 3.18. The number of hydrogen-bond acceptors (Lipinski definition) is 4. The number of benzene rings is 1. The number of hydrogen-bond donors (Lipinski definition) is 0. The van der Waals surface area contributed by atoms with Gasteiger partial charge in [0.15, 0.2) is 10.1 Å². The molecule has 1 aromatic carbocycles. The normalized spacial score (nSPS) is 11.4. The van der Waals surface area contributed by atoms with Crippen molar-refractivity contribution in [2.24, 2.45) is 0 Å². The summed E-state index contributed by atoms with van der Waals surface area (Å²) < 4.78 is 19.9. The van der Waals surface area contributed by atoms with E-state index in [-0.39, 0.29) is 12.4 Å². The van der Waals surface area contributed by atoms with E-state index in [9.17, 15) is 9.18 Å². The van der Waals surface area contributed by atoms with Gasteiger partial charge in [0.1, 0.15) is 12.4 Å². The number of ether oxygens (including phenoxy) is 1. The van der Waals surface area contributed by atoms with Gasteiger partial charge in [0.2, 0.25) is 0 Å². The second-order valence-electron chi connectivity index (χ2n) is 4.40. The van der Waals surface area contributed by atoms with Gasteiger partial charge in [-0.15, -0.1) is 11.3 Å². The van der Waals surface area contributed by atoms with Crippen molar-refractivity contribution in [3.05, 3.63) is 64.1 Å². The van der Waals surface area contributed by atoms with Crippen LogP contribution in [0.1, 0.15) is 11.3 Å². The molecule has 0 aliphatic carbocycles. The van der Waals surface area contributed by atoms with Crippen LogP contribution >= 0.6 is 22.9 Å². The molecule has 2 aromatic heterocycles. The number of aromatic nitrogens is 2. The second kappa shape index (κ2) is 6.29. The van der Waals surface area contributed by atoms with Crippen molar-refractivity contribution >= 4 is 39.9 Å². The van der Waals surface area contributed by atoms with Gasteiger partial charge in [0.05, 0.1) is 5.69 Å². The van der Waals surface area contributed by atoms with Crippen LogP contribution in [-0.4, -0.2) is 15.4 Å². The highest BCUT2D eigenvalue weighted by Gasteiger charge is 2.12. The topological polar surface area (TPSA) is 43.6 Å². The van der Waals surface area contributed by atoms with Gasteiger partial charge in [-0.2, -0.15) is 0 Å². The summed E-state index contributed by atoms with van der Waals surface area (Å²) in [7, 11) is 0. The SMILES string of the molecule is O=C(/C=C/c1cccc(F)c1)OCc1c(Cl)nc2sccn12. The number of imidazole rings is 1. The lowest BCUT2D eigenvalue weighted by molar-refractivity contribution is -0.139. The van der Waals surface area contributed by atoms with Gasteiger partial charge in [0, 0.05) is 17.7 Å². The molecule has 3 rings (SSSR count). The summed E-state index contributed by atoms with van der Waals surface area (Å²) in [5.41, 5.74) is 1.20. The van der Waals surface area contributed by atoms with E-state index in [1.807, 2.05) is 11.6 Å². The molecule has 0 saturated carbocycles. The van der Waals surface area contributed by atoms with E-state index >= 15 is 0 Å². The number of carbonyl (C=O) groups excluding carboxylic acids is 1. The van der Waals surface area contributed by atoms with Crippen molar-refractivity contribution in [3.63, 3.8) is 0 Å². The third-order valence-corrected chi connectivity index (χ3v) is 3.98. The number of esters is 1. The first-order valence-electron chi connectivity index (χ1n) is 6.34. The maximum atomic E-state index is 13.0. The largest absolute Gasteiger partial charge is 0.456 e. The molecule has 0 saturated heterocycles. The van der Waals surface area contributed by atoms with Crippen LogP contribution in [0.25, 0.3) is 11.0 Å². The van der Waals surface area contributed by atoms with Crippen LogP contribution in [-0.2, 0) is 16.1 Å². The zero-order valence-electron chi connectivity index (χ0n) is 11.2. The summed E-state index contributed by atoms with van der Waals surface area (Å²) in [6.07, 6.45) is 4.54. The first-order chi connectivity index (χ1) is 10.6. The minimum absolute atomic E-state index is 0.0169. The zero-order valence-corrected chi connectivity index (χ0v) is 12.8. The number of thiazole rings is 1. The summed E-state index contributed by atoms with van der Waals surface area (Å²) >= 11 is 7.45. The minimum Gasteiger partial charge on any atom is -0.456 e. The van der Waals surface area contributed by atoms with E-state index in [2.05, 4.69) is 4.98 Å². The quantitative estimate of drug-likeness (QED) is 0.535. The van der Waals surface area contributed by atoms with Gasteiger partial charge in [-0.05, 0) is 23.8 Å². The molecule has 0 spiro atoms. The Labute approximate surface area is 134 Å². The fraction of sp³-hybridized carbons (Fsp3) is 0.0667. The van der Waals surface area contributed by atoms with Crippen molar-refractivity contribution in [2.75, 3.05) is 0 Å². The predicted molar refractivity (Wildman–Crippen MR) is 83.3 cm³/mol. The minimum atomic E-state index is -0.537. The molecule has 7 heteroatoms. The standard InChI is InChI=1S/C15H10ClFN2O2S/c16-14-12(19-6-7-22-15(19)18-14)9-21-13(20)5-4-10-2-1-3-11(17)8-10/h1-8H,9H2/b5-4+. The summed E-state index contributed by atoms with van der Waals surface area (Å²) in [5, 5.41) is 2.18. The summed E-state index contributed by atoms with van der Waals surface area (Å²) in [5.74, 6) is -0.896. The van der Waals surface area contributed by atoms with Gasteiger partial charge >= 0.3 is 5.97 Å². The van der Waals surface area contributed by atoms with Crippen molar-refractivity contribution < 1.29 is 13.9 Å². The van der Waals surface area contributed by atoms with Crippen molar-refractivity contribution in [1.29, 1.82) is 0 Å². The molecule has 0 aliphatic rings. The first-order valence-corrected chi connectivity index (χ1v) is 7.59. The lowest BCUT2D eigenvalue weighted by Crippen LogP contribution is -2.02. The summed E-state index contributed by atoms with van der Waals surface area (Å²) in [6, 6.07) is 5.92. The smallest absolute Gasteiger partial charge is 0.331 e. The number of nitrogens with zero attached hydrogens (tertiary/aromatic N) is 2. The molecule has 0 N–H and O–H groups in total. The number of carbonyl (C=O) groups is 1. The van der Waals surface area contributed by atoms with Crippen LogP contribution in [0.5, 0.6) is 0 Å². The Morgan fingerprint density at radius 2 is 2.36 bits per heavy atom. The average Bonchev–Trinajstić information content (AvgIpc) is 3.04. The Morgan fingerprint density at radius 1 is 1.50 bits per heavy atom. The van der Waals surface area contributed by atoms with E-state index in [0.29, 0.717) is 16.4 Å². The van der Waals surface area contributed by atoms with Gasteiger partial charge in [-0.25, -0.2) is 14.2 Å². The Morgan fingerprint density at radius 3 is 3.18 bits per heavy atom. The monoisotopic (exact) mass is 336 g/mol. The number of fused-ring (bicyclic) bond motifs is 1. The van der Waals surface area contributed by atoms with Crippen LogP contribution in [0.15, 0.2) is 41.9 Å². The molecule has 0 amide bonds. The predicted octanol–water partition coefficient (Wildman–Crippen LogP) is 3.94. The fourth-order valence-electron chi connectivity index (χ4n) is 1.90. The van der Waals surface area contributed by atoms with Crippen LogP contribution in [0.4, 0.5) is 4.39 Å². The highest BCUT2D eigenvalue weighted by molar-refractivity contribution is 7.15. The third-order valence-electron chi connectivity index (χ3n) is 2.92. The molecule has 0 unspecified atom stereocenters. The molecular weight excluding hydrogens is 327 g/mol. The molecule has 0 bridgehead atoms. The first kappa shape index (κ1) is 14.7. The molecule has 0 radical (unpaired) electrons. The van der Waals surface area contributed by atoms with Crippen LogP contribution in [0.2, 0.25) is 5.15 Å². The Hall–Kier alpha value is -2.18. The summed E-state index contributed by atoms with van der Waals surface area (Å²) in [4.78, 5) is 16.6. The molecule has 0 aliphatic heterocycles. The molecule has 3 aromatic rings.